The molecule has 4 aliphatic heterocycles. The molecule has 454 valence electrons. The number of nitrogens with one attached hydrogen (secondary N) is 1. The number of nitrogens with zero attached hydrogens (tertiary/aromatic N) is 4. The number of ether oxygens (including phenoxy) is 6. The van der Waals surface area contributed by atoms with Gasteiger partial charge < -0.3 is 73.5 Å². The fourth-order valence-electron chi connectivity index (χ4n) is 11.1. The van der Waals surface area contributed by atoms with Crippen molar-refractivity contribution in [2.75, 3.05) is 58.8 Å². The topological polar surface area (TPSA) is 360 Å². The van der Waals surface area contributed by atoms with Crippen molar-refractivity contribution in [3.05, 3.63) is 58.0 Å². The van der Waals surface area contributed by atoms with E-state index in [0.717, 1.165) is 6.54 Å². The third-order valence-electron chi connectivity index (χ3n) is 15.6. The number of rotatable bonds is 15. The van der Waals surface area contributed by atoms with Gasteiger partial charge >= 0.3 is 38.9 Å². The first-order valence-corrected chi connectivity index (χ1v) is 30.5. The number of hydrogen-bond acceptors (Lipinski definition) is 20. The third kappa shape index (κ3) is 14.7. The first-order chi connectivity index (χ1) is 38.1. The van der Waals surface area contributed by atoms with Crippen molar-refractivity contribution in [1.29, 1.82) is 0 Å². The van der Waals surface area contributed by atoms with Crippen molar-refractivity contribution in [2.45, 2.75) is 136 Å². The summed E-state index contributed by atoms with van der Waals surface area (Å²) in [5.41, 5.74) is -0.995. The van der Waals surface area contributed by atoms with Crippen LogP contribution in [0, 0.1) is 36.5 Å². The lowest BCUT2D eigenvalue weighted by Crippen LogP contribution is -2.47. The van der Waals surface area contributed by atoms with Gasteiger partial charge in [-0.2, -0.15) is 0 Å². The highest BCUT2D eigenvalue weighted by molar-refractivity contribution is 7.70. The van der Waals surface area contributed by atoms with Gasteiger partial charge in [-0.05, 0) is 39.3 Å². The lowest BCUT2D eigenvalue weighted by molar-refractivity contribution is -0.165. The molecule has 1 amide bonds. The Labute approximate surface area is 475 Å². The van der Waals surface area contributed by atoms with Crippen LogP contribution in [-0.4, -0.2) is 169 Å². The van der Waals surface area contributed by atoms with Gasteiger partial charge in [0.15, 0.2) is 16.8 Å². The van der Waals surface area contributed by atoms with E-state index in [0.29, 0.717) is 31.8 Å². The number of likely N-dealkylation sites (tertiary alicyclic amines) is 1. The largest absolute Gasteiger partial charge is 0.507 e. The number of fused-ring (bicyclic) bond motifs is 1. The number of benzene rings is 2. The number of anilines is 1. The molecular formula is C55H79N5O20P2. The third-order valence-corrected chi connectivity index (χ3v) is 19.5. The highest BCUT2D eigenvalue weighted by Crippen LogP contribution is 2.61. The van der Waals surface area contributed by atoms with Crippen LogP contribution in [-0.2, 0) is 52.0 Å². The van der Waals surface area contributed by atoms with Gasteiger partial charge in [-0.1, -0.05) is 59.8 Å². The maximum absolute atomic E-state index is 14.9. The van der Waals surface area contributed by atoms with Crippen molar-refractivity contribution in [3.63, 3.8) is 0 Å². The van der Waals surface area contributed by atoms with Gasteiger partial charge in [0.05, 0.1) is 41.3 Å². The number of likely N-dealkylation sites (N-methyl/N-ethyl adjacent to an activating group) is 1. The van der Waals surface area contributed by atoms with Crippen LogP contribution in [0.25, 0.3) is 10.8 Å². The molecule has 27 heteroatoms. The van der Waals surface area contributed by atoms with E-state index in [1.807, 2.05) is 0 Å². The molecule has 2 aromatic carbocycles. The number of aliphatic hydroxyl groups excluding tert-OH is 1. The molecule has 1 saturated heterocycles. The quantitative estimate of drug-likeness (QED) is 0.0535. The zero-order valence-electron chi connectivity index (χ0n) is 48.4. The SMILES string of the molecule is CO[C@H]1/C=C/O[C@@]2(C)Oc3c(C)c(O)c4c(O)c(c5c(c4c3C2=O)=NC2(CCN(CC(C)C)CC2)N=5)NC(=O)/C(C)=C\C=C\[C@H](C)[C@H](OC(=O)CN(C)CCOC(=O)CCC(P(=O)(O)O)P(=O)(O)O)[C@@H](C)[C@@H](O)[C@@H](C)[C@H](OC(C)=O)[C@@H]1C. The van der Waals surface area contributed by atoms with E-state index in [-0.39, 0.29) is 69.3 Å². The first kappa shape index (κ1) is 65.6. The number of allylic oxidation sites excluding steroid dienone is 2. The summed E-state index contributed by atoms with van der Waals surface area (Å²) < 4.78 is 58.7. The summed E-state index contributed by atoms with van der Waals surface area (Å²) in [5.74, 6) is -9.68. The monoisotopic (exact) mass is 1190 g/mol. The summed E-state index contributed by atoms with van der Waals surface area (Å²) in [6, 6.07) is 0. The molecule has 0 radical (unpaired) electrons. The summed E-state index contributed by atoms with van der Waals surface area (Å²) in [4.78, 5) is 120. The van der Waals surface area contributed by atoms with Gasteiger partial charge in [0, 0.05) is 107 Å². The number of piperidine rings is 1. The van der Waals surface area contributed by atoms with Gasteiger partial charge in [0.1, 0.15) is 41.4 Å². The second-order valence-corrected chi connectivity index (χ2v) is 26.6. The molecule has 4 heterocycles. The highest BCUT2D eigenvalue weighted by atomic mass is 31.2. The molecule has 0 aromatic heterocycles. The number of phenolic OH excluding ortho intramolecular Hbond substituents is 2. The van der Waals surface area contributed by atoms with Crippen LogP contribution in [0.1, 0.15) is 104 Å². The number of methoxy groups -OCH3 is 1. The van der Waals surface area contributed by atoms with Crippen molar-refractivity contribution >= 4 is 61.2 Å². The number of carbonyl (C=O) groups is 5. The minimum atomic E-state index is -5.26. The normalized spacial score (nSPS) is 27.7. The van der Waals surface area contributed by atoms with Crippen LogP contribution in [0.15, 0.2) is 46.1 Å². The maximum atomic E-state index is 14.9. The molecule has 0 unspecified atom stereocenters. The molecule has 82 heavy (non-hydrogen) atoms. The van der Waals surface area contributed by atoms with E-state index in [1.165, 1.54) is 65.2 Å². The van der Waals surface area contributed by atoms with Crippen LogP contribution >= 0.6 is 15.2 Å². The Balaban J connectivity index is 1.38. The predicted octanol–water partition coefficient (Wildman–Crippen LogP) is 4.24. The van der Waals surface area contributed by atoms with Gasteiger partial charge in [-0.3, -0.25) is 48.0 Å². The van der Waals surface area contributed by atoms with Gasteiger partial charge in [0.2, 0.25) is 0 Å². The van der Waals surface area contributed by atoms with Crippen LogP contribution in [0.5, 0.6) is 17.2 Å². The van der Waals surface area contributed by atoms with Crippen molar-refractivity contribution in [2.24, 2.45) is 39.6 Å². The van der Waals surface area contributed by atoms with Gasteiger partial charge in [-0.15, -0.1) is 0 Å². The molecule has 25 nitrogen and oxygen atoms in total. The van der Waals surface area contributed by atoms with Crippen molar-refractivity contribution in [1.82, 2.24) is 9.80 Å². The van der Waals surface area contributed by atoms with E-state index in [4.69, 9.17) is 38.4 Å². The second kappa shape index (κ2) is 26.1. The van der Waals surface area contributed by atoms with E-state index < -0.39 is 134 Å². The number of Topliss-reactive ketones (excluding diaryl/α,β-unsaturated/α-hetero) is 1. The predicted molar refractivity (Wildman–Crippen MR) is 297 cm³/mol. The number of aliphatic hydroxyl groups is 1. The molecule has 6 rings (SSSR count). The Bertz CT molecular complexity index is 3090. The van der Waals surface area contributed by atoms with Crippen LogP contribution in [0.2, 0.25) is 0 Å². The van der Waals surface area contributed by atoms with Crippen LogP contribution in [0.3, 0.4) is 0 Å². The Morgan fingerprint density at radius 1 is 0.902 bits per heavy atom. The van der Waals surface area contributed by atoms with E-state index in [2.05, 4.69) is 24.1 Å². The van der Waals surface area contributed by atoms with E-state index in [1.54, 1.807) is 39.8 Å². The average Bonchev–Trinajstić information content (AvgIpc) is 4.04. The Morgan fingerprint density at radius 2 is 1.52 bits per heavy atom. The summed E-state index contributed by atoms with van der Waals surface area (Å²) in [7, 11) is -7.61. The minimum Gasteiger partial charge on any atom is -0.507 e. The molecule has 8 N–H and O–H groups in total. The number of amides is 1. The maximum Gasteiger partial charge on any atom is 0.340 e. The zero-order chi connectivity index (χ0) is 61.1. The summed E-state index contributed by atoms with van der Waals surface area (Å²) >= 11 is 0. The lowest BCUT2D eigenvalue weighted by Gasteiger charge is -2.39. The molecular weight excluding hydrogens is 1110 g/mol. The fourth-order valence-corrected chi connectivity index (χ4v) is 13.6. The number of carbonyl (C=O) groups excluding carboxylic acids is 5. The highest BCUT2D eigenvalue weighted by Gasteiger charge is 2.51. The van der Waals surface area contributed by atoms with Gasteiger partial charge in [-0.25, -0.2) is 0 Å². The molecule has 2 aromatic rings. The standard InChI is InChI=1S/C55H79N5O20P2/c1-28(2)26-60-21-19-55(20-22-60)57-43-40-41-47(65)34(8)51-42(40)52(67)54(10,80-51)77-24-18-36(75-12)31(5)50(78-35(9)61)33(7)46(64)32(6)49(29(3)14-13-15-30(4)53(68)56-45(48(41)66)44(43)58-55)79-38(63)27-59(11)23-25-76-37(62)16-17-39(81(69,70)71)82(72,73)74/h13-15,18,24,28-29,31-33,36,39,46,49-50,64-66H,16-17,19-23,25-27H2,1-12H3,(H,56,68)(H2,69,70,71)(H2,72,73,74)/b14-13+,24-18+,30-15-/t29-,31+,32-,33+,36-,46+,49-,50+,54-/m0/s1. The van der Waals surface area contributed by atoms with E-state index >= 15 is 0 Å². The zero-order valence-corrected chi connectivity index (χ0v) is 50.1. The number of esters is 3. The molecule has 1 fully saturated rings. The molecule has 4 bridgehead atoms. The number of hydrogen-bond donors (Lipinski definition) is 8. The fraction of sp³-hybridized carbons (Fsp3) is 0.618. The number of phenols is 2. The molecule has 4 aliphatic rings. The molecule has 1 spiro atoms. The Morgan fingerprint density at radius 3 is 2.12 bits per heavy atom. The molecule has 0 aliphatic carbocycles. The second-order valence-electron chi connectivity index (χ2n) is 22.6. The van der Waals surface area contributed by atoms with Crippen molar-refractivity contribution in [3.8, 4) is 17.2 Å². The minimum absolute atomic E-state index is 0.0170. The molecule has 0 saturated carbocycles. The number of ketones is 1. The summed E-state index contributed by atoms with van der Waals surface area (Å²) in [6.07, 6.45) is 2.35. The molecule has 9 atom stereocenters. The Kier molecular flexibility index (Phi) is 20.9. The Hall–Kier alpha value is -5.59. The van der Waals surface area contributed by atoms with Crippen molar-refractivity contribution < 1.29 is 96.4 Å². The number of aromatic hydroxyl groups is 2. The average molecular weight is 1190 g/mol. The smallest absolute Gasteiger partial charge is 0.340 e. The van der Waals surface area contributed by atoms with E-state index in [9.17, 15) is 68.0 Å². The van der Waals surface area contributed by atoms with Crippen LogP contribution in [0.4, 0.5) is 5.69 Å². The summed E-state index contributed by atoms with van der Waals surface area (Å²) in [5, 5.41) is 37.1. The van der Waals surface area contributed by atoms with Crippen LogP contribution < -0.4 is 20.8 Å². The summed E-state index contributed by atoms with van der Waals surface area (Å²) in [6.45, 7) is 18.0. The first-order valence-electron chi connectivity index (χ1n) is 27.2. The lowest BCUT2D eigenvalue weighted by atomic mass is 9.78. The van der Waals surface area contributed by atoms with Gasteiger partial charge in [0.25, 0.3) is 11.7 Å².